The Morgan fingerprint density at radius 2 is 1.50 bits per heavy atom. The lowest BCUT2D eigenvalue weighted by molar-refractivity contribution is -0.141. The number of aryl methyl sites for hydroxylation is 3. The van der Waals surface area contributed by atoms with Crippen LogP contribution >= 0.6 is 0 Å². The molecule has 0 bridgehead atoms. The van der Waals surface area contributed by atoms with Crippen LogP contribution in [0.3, 0.4) is 0 Å². The molecule has 0 aliphatic carbocycles. The van der Waals surface area contributed by atoms with E-state index >= 15 is 0 Å². The Morgan fingerprint density at radius 1 is 0.824 bits per heavy atom. The van der Waals surface area contributed by atoms with E-state index in [1.165, 1.54) is 0 Å². The fourth-order valence-corrected chi connectivity index (χ4v) is 4.20. The zero-order valence-electron chi connectivity index (χ0n) is 21.0. The highest BCUT2D eigenvalue weighted by atomic mass is 16.2. The van der Waals surface area contributed by atoms with E-state index in [9.17, 15) is 9.59 Å². The Bertz CT molecular complexity index is 1120. The van der Waals surface area contributed by atoms with Crippen LogP contribution in [0, 0.1) is 20.8 Å². The molecule has 0 fully saturated rings. The van der Waals surface area contributed by atoms with Crippen molar-refractivity contribution in [2.45, 2.75) is 66.1 Å². The fourth-order valence-electron chi connectivity index (χ4n) is 4.20. The van der Waals surface area contributed by atoms with Crippen molar-refractivity contribution in [3.8, 4) is 0 Å². The minimum Gasteiger partial charge on any atom is -0.352 e. The third-order valence-electron chi connectivity index (χ3n) is 5.98. The van der Waals surface area contributed by atoms with Gasteiger partial charge in [-0.3, -0.25) is 9.59 Å². The highest BCUT2D eigenvalue weighted by molar-refractivity contribution is 5.89. The van der Waals surface area contributed by atoms with Gasteiger partial charge in [0, 0.05) is 19.0 Å². The van der Waals surface area contributed by atoms with E-state index in [1.54, 1.807) is 4.90 Å². The fraction of sp³-hybridized carbons (Fsp3) is 0.333. The van der Waals surface area contributed by atoms with E-state index in [1.807, 2.05) is 83.1 Å². The van der Waals surface area contributed by atoms with Crippen LogP contribution in [-0.2, 0) is 29.0 Å². The number of carbonyl (C=O) groups excluding carboxylic acids is 2. The zero-order valence-corrected chi connectivity index (χ0v) is 21.0. The first-order valence-corrected chi connectivity index (χ1v) is 12.0. The van der Waals surface area contributed by atoms with Crippen molar-refractivity contribution in [3.63, 3.8) is 0 Å². The van der Waals surface area contributed by atoms with Gasteiger partial charge in [0.15, 0.2) is 0 Å². The molecule has 34 heavy (non-hydrogen) atoms. The number of benzene rings is 3. The number of rotatable bonds is 9. The van der Waals surface area contributed by atoms with Crippen LogP contribution in [-0.4, -0.2) is 28.8 Å². The number of nitrogens with one attached hydrogen (secondary N) is 1. The van der Waals surface area contributed by atoms with Crippen molar-refractivity contribution < 1.29 is 9.59 Å². The summed E-state index contributed by atoms with van der Waals surface area (Å²) in [6.07, 6.45) is 0.726. The summed E-state index contributed by atoms with van der Waals surface area (Å²) in [5.41, 5.74) is 6.38. The monoisotopic (exact) mass is 456 g/mol. The number of hydrogen-bond acceptors (Lipinski definition) is 2. The van der Waals surface area contributed by atoms with Gasteiger partial charge in [-0.15, -0.1) is 0 Å². The predicted octanol–water partition coefficient (Wildman–Crippen LogP) is 5.32. The summed E-state index contributed by atoms with van der Waals surface area (Å²) >= 11 is 0. The van der Waals surface area contributed by atoms with E-state index in [2.05, 4.69) is 29.6 Å². The number of carbonyl (C=O) groups is 2. The van der Waals surface area contributed by atoms with Crippen LogP contribution in [0.15, 0.2) is 72.8 Å². The van der Waals surface area contributed by atoms with E-state index in [0.29, 0.717) is 13.0 Å². The van der Waals surface area contributed by atoms with Crippen molar-refractivity contribution in [3.05, 3.63) is 106 Å². The van der Waals surface area contributed by atoms with E-state index < -0.39 is 6.04 Å². The van der Waals surface area contributed by atoms with Gasteiger partial charge >= 0.3 is 0 Å². The maximum Gasteiger partial charge on any atom is 0.243 e. The van der Waals surface area contributed by atoms with Crippen molar-refractivity contribution in [1.82, 2.24) is 10.2 Å². The topological polar surface area (TPSA) is 49.4 Å². The first kappa shape index (κ1) is 25.2. The van der Waals surface area contributed by atoms with Gasteiger partial charge in [-0.25, -0.2) is 0 Å². The van der Waals surface area contributed by atoms with Crippen molar-refractivity contribution in [2.75, 3.05) is 0 Å². The first-order chi connectivity index (χ1) is 16.2. The summed E-state index contributed by atoms with van der Waals surface area (Å²) in [4.78, 5) is 29.0. The molecule has 2 amide bonds. The quantitative estimate of drug-likeness (QED) is 0.474. The number of nitrogens with zero attached hydrogens (tertiary/aromatic N) is 1. The summed E-state index contributed by atoms with van der Waals surface area (Å²) in [7, 11) is 0. The third-order valence-corrected chi connectivity index (χ3v) is 5.98. The van der Waals surface area contributed by atoms with Gasteiger partial charge in [-0.1, -0.05) is 83.9 Å². The normalized spacial score (nSPS) is 11.8. The highest BCUT2D eigenvalue weighted by Gasteiger charge is 2.31. The SMILES string of the molecule is Cc1cccc(CN(C(=O)Cc2cc(C)ccc2C)C(Cc2ccccc2)C(=O)NC(C)C)c1. The Balaban J connectivity index is 2.00. The predicted molar refractivity (Wildman–Crippen MR) is 139 cm³/mol. The lowest BCUT2D eigenvalue weighted by Crippen LogP contribution is -2.52. The van der Waals surface area contributed by atoms with Crippen molar-refractivity contribution >= 4 is 11.8 Å². The molecule has 178 valence electrons. The van der Waals surface area contributed by atoms with Gasteiger partial charge in [0.05, 0.1) is 6.42 Å². The lowest BCUT2D eigenvalue weighted by Gasteiger charge is -2.32. The molecule has 0 aliphatic rings. The van der Waals surface area contributed by atoms with Gasteiger partial charge in [-0.05, 0) is 56.9 Å². The molecule has 1 unspecified atom stereocenters. The molecule has 0 saturated carbocycles. The Hall–Kier alpha value is -3.40. The van der Waals surface area contributed by atoms with E-state index in [-0.39, 0.29) is 24.3 Å². The van der Waals surface area contributed by atoms with Gasteiger partial charge < -0.3 is 10.2 Å². The van der Waals surface area contributed by atoms with Crippen LogP contribution in [0.25, 0.3) is 0 Å². The summed E-state index contributed by atoms with van der Waals surface area (Å²) in [5.74, 6) is -0.170. The van der Waals surface area contributed by atoms with Gasteiger partial charge in [0.25, 0.3) is 0 Å². The lowest BCUT2D eigenvalue weighted by atomic mass is 9.99. The van der Waals surface area contributed by atoms with Crippen LogP contribution in [0.5, 0.6) is 0 Å². The summed E-state index contributed by atoms with van der Waals surface area (Å²) < 4.78 is 0. The standard InChI is InChI=1S/C30H36N2O2/c1-21(2)31-30(34)28(18-25-11-7-6-8-12-25)32(20-26-13-9-10-22(3)16-26)29(33)19-27-17-23(4)14-15-24(27)5/h6-17,21,28H,18-20H2,1-5H3,(H,31,34). The zero-order chi connectivity index (χ0) is 24.7. The molecule has 1 N–H and O–H groups in total. The van der Waals surface area contributed by atoms with Gasteiger partial charge in [0.1, 0.15) is 6.04 Å². The van der Waals surface area contributed by atoms with Crippen LogP contribution in [0.4, 0.5) is 0 Å². The molecule has 0 saturated heterocycles. The van der Waals surface area contributed by atoms with E-state index in [4.69, 9.17) is 0 Å². The summed E-state index contributed by atoms with van der Waals surface area (Å²) in [6, 6.07) is 23.6. The largest absolute Gasteiger partial charge is 0.352 e. The molecule has 3 aromatic carbocycles. The summed E-state index contributed by atoms with van der Waals surface area (Å²) in [6.45, 7) is 10.4. The molecule has 0 radical (unpaired) electrons. The Kier molecular flexibility index (Phi) is 8.64. The minimum absolute atomic E-state index is 0.0132. The highest BCUT2D eigenvalue weighted by Crippen LogP contribution is 2.19. The van der Waals surface area contributed by atoms with Crippen molar-refractivity contribution in [1.29, 1.82) is 0 Å². The summed E-state index contributed by atoms with van der Waals surface area (Å²) in [5, 5.41) is 3.05. The molecule has 1 atom stereocenters. The van der Waals surface area contributed by atoms with Crippen LogP contribution < -0.4 is 5.32 Å². The number of hydrogen-bond donors (Lipinski definition) is 1. The Morgan fingerprint density at radius 3 is 2.18 bits per heavy atom. The smallest absolute Gasteiger partial charge is 0.243 e. The second-order valence-electron chi connectivity index (χ2n) is 9.49. The molecule has 0 aromatic heterocycles. The first-order valence-electron chi connectivity index (χ1n) is 12.0. The van der Waals surface area contributed by atoms with Crippen LogP contribution in [0.1, 0.15) is 47.2 Å². The van der Waals surface area contributed by atoms with Crippen LogP contribution in [0.2, 0.25) is 0 Å². The molecule has 4 heteroatoms. The van der Waals surface area contributed by atoms with Gasteiger partial charge in [0.2, 0.25) is 11.8 Å². The minimum atomic E-state index is -0.608. The molecule has 0 aliphatic heterocycles. The Labute approximate surface area is 204 Å². The molecule has 3 rings (SSSR count). The molecular weight excluding hydrogens is 420 g/mol. The third kappa shape index (κ3) is 7.05. The second kappa shape index (κ2) is 11.6. The number of amides is 2. The molecule has 3 aromatic rings. The second-order valence-corrected chi connectivity index (χ2v) is 9.49. The van der Waals surface area contributed by atoms with Crippen molar-refractivity contribution in [2.24, 2.45) is 0 Å². The molecule has 4 nitrogen and oxygen atoms in total. The molecular formula is C30H36N2O2. The van der Waals surface area contributed by atoms with E-state index in [0.717, 1.165) is 33.4 Å². The maximum atomic E-state index is 13.8. The average Bonchev–Trinajstić information content (AvgIpc) is 2.79. The average molecular weight is 457 g/mol. The molecule has 0 heterocycles. The maximum absolute atomic E-state index is 13.8. The van der Waals surface area contributed by atoms with Gasteiger partial charge in [-0.2, -0.15) is 0 Å². The molecule has 0 spiro atoms.